The molecule has 1 rings (SSSR count). The lowest BCUT2D eigenvalue weighted by atomic mass is 9.71. The molecule has 0 aliphatic heterocycles. The van der Waals surface area contributed by atoms with Crippen LogP contribution < -0.4 is 0 Å². The van der Waals surface area contributed by atoms with E-state index in [1.807, 2.05) is 0 Å². The van der Waals surface area contributed by atoms with Gasteiger partial charge in [0.25, 0.3) is 11.8 Å². The first kappa shape index (κ1) is 19.5. The fourth-order valence-corrected chi connectivity index (χ4v) is 2.74. The van der Waals surface area contributed by atoms with Crippen molar-refractivity contribution in [1.82, 2.24) is 0 Å². The van der Waals surface area contributed by atoms with Crippen molar-refractivity contribution in [3.63, 3.8) is 0 Å². The molecule has 1 saturated carbocycles. The molecule has 132 valence electrons. The molecular weight excluding hydrogens is 320 g/mol. The van der Waals surface area contributed by atoms with Gasteiger partial charge in [0.1, 0.15) is 5.92 Å². The molecule has 2 atom stereocenters. The molecular formula is C14H20F8. The Bertz CT molecular complexity index is 419. The van der Waals surface area contributed by atoms with Gasteiger partial charge in [0.15, 0.2) is 0 Å². The Balaban J connectivity index is 3.52. The maximum atomic E-state index is 14.4. The topological polar surface area (TPSA) is 0 Å². The van der Waals surface area contributed by atoms with Crippen molar-refractivity contribution < 1.29 is 35.1 Å². The number of alkyl halides is 8. The Labute approximate surface area is 124 Å². The summed E-state index contributed by atoms with van der Waals surface area (Å²) in [5.41, 5.74) is -2.16. The maximum absolute atomic E-state index is 14.4. The number of rotatable bonds is 3. The first-order valence-corrected chi connectivity index (χ1v) is 6.92. The highest BCUT2D eigenvalue weighted by Crippen LogP contribution is 2.65. The molecule has 0 N–H and O–H groups in total. The molecule has 1 aliphatic rings. The van der Waals surface area contributed by atoms with E-state index in [0.29, 0.717) is 0 Å². The Morgan fingerprint density at radius 3 is 1.64 bits per heavy atom. The Morgan fingerprint density at radius 2 is 1.32 bits per heavy atom. The SMILES string of the molecule is CC(C)C(F)(F)C1CC(F)(F)C(F)(F)C1C(F)(F)C(C)(C)C. The van der Waals surface area contributed by atoms with E-state index in [1.165, 1.54) is 0 Å². The molecule has 8 heteroatoms. The van der Waals surface area contributed by atoms with Crippen molar-refractivity contribution in [3.8, 4) is 0 Å². The number of hydrogen-bond donors (Lipinski definition) is 0. The van der Waals surface area contributed by atoms with Crippen molar-refractivity contribution in [2.45, 2.75) is 64.7 Å². The smallest absolute Gasteiger partial charge is 0.206 e. The van der Waals surface area contributed by atoms with E-state index in [0.717, 1.165) is 34.6 Å². The van der Waals surface area contributed by atoms with Crippen LogP contribution in [0.25, 0.3) is 0 Å². The number of hydrogen-bond acceptors (Lipinski definition) is 0. The summed E-state index contributed by atoms with van der Waals surface area (Å²) < 4.78 is 112. The summed E-state index contributed by atoms with van der Waals surface area (Å²) >= 11 is 0. The normalized spacial score (nSPS) is 29.2. The van der Waals surface area contributed by atoms with Gasteiger partial charge in [0, 0.05) is 23.7 Å². The lowest BCUT2D eigenvalue weighted by Gasteiger charge is -2.42. The van der Waals surface area contributed by atoms with Gasteiger partial charge in [-0.25, -0.2) is 17.6 Å². The monoisotopic (exact) mass is 340 g/mol. The minimum atomic E-state index is -5.20. The highest BCUT2D eigenvalue weighted by atomic mass is 19.3. The van der Waals surface area contributed by atoms with Gasteiger partial charge in [-0.05, 0) is 0 Å². The van der Waals surface area contributed by atoms with Crippen molar-refractivity contribution in [2.24, 2.45) is 23.2 Å². The lowest BCUT2D eigenvalue weighted by molar-refractivity contribution is -0.276. The number of halogens is 8. The standard InChI is InChI=1S/C14H20F8/c1-7(2)12(17,18)8-6-11(15,16)14(21,22)9(8)13(19,20)10(3,4)5/h7-9H,6H2,1-5H3. The van der Waals surface area contributed by atoms with E-state index in [1.54, 1.807) is 0 Å². The zero-order chi connectivity index (χ0) is 17.9. The van der Waals surface area contributed by atoms with E-state index < -0.39 is 53.3 Å². The summed E-state index contributed by atoms with van der Waals surface area (Å²) in [5.74, 6) is -26.4. The summed E-state index contributed by atoms with van der Waals surface area (Å²) in [6.45, 7) is 4.46. The van der Waals surface area contributed by atoms with Crippen molar-refractivity contribution in [1.29, 1.82) is 0 Å². The highest BCUT2D eigenvalue weighted by Gasteiger charge is 2.80. The van der Waals surface area contributed by atoms with Crippen molar-refractivity contribution in [2.75, 3.05) is 0 Å². The van der Waals surface area contributed by atoms with Crippen LogP contribution in [0, 0.1) is 23.2 Å². The average molecular weight is 340 g/mol. The zero-order valence-corrected chi connectivity index (χ0v) is 13.0. The molecule has 22 heavy (non-hydrogen) atoms. The molecule has 0 aromatic rings. The molecule has 1 fully saturated rings. The van der Waals surface area contributed by atoms with Gasteiger partial charge in [-0.3, -0.25) is 0 Å². The van der Waals surface area contributed by atoms with Crippen LogP contribution in [0.5, 0.6) is 0 Å². The summed E-state index contributed by atoms with van der Waals surface area (Å²) in [5, 5.41) is 0. The third-order valence-electron chi connectivity index (χ3n) is 4.41. The fraction of sp³-hybridized carbons (Fsp3) is 1.00. The quantitative estimate of drug-likeness (QED) is 0.564. The fourth-order valence-electron chi connectivity index (χ4n) is 2.74. The van der Waals surface area contributed by atoms with Crippen molar-refractivity contribution >= 4 is 0 Å². The summed E-state index contributed by atoms with van der Waals surface area (Å²) in [6, 6.07) is 0. The van der Waals surface area contributed by atoms with Crippen LogP contribution in [0.15, 0.2) is 0 Å². The van der Waals surface area contributed by atoms with Crippen LogP contribution in [-0.2, 0) is 0 Å². The minimum Gasteiger partial charge on any atom is -0.206 e. The maximum Gasteiger partial charge on any atom is 0.319 e. The molecule has 1 aliphatic carbocycles. The molecule has 0 saturated heterocycles. The highest BCUT2D eigenvalue weighted by molar-refractivity contribution is 5.12. The lowest BCUT2D eigenvalue weighted by Crippen LogP contribution is -2.55. The Kier molecular flexibility index (Phi) is 4.40. The molecule has 0 heterocycles. The predicted octanol–water partition coefficient (Wildman–Crippen LogP) is 5.87. The zero-order valence-electron chi connectivity index (χ0n) is 13.0. The van der Waals surface area contributed by atoms with Crippen LogP contribution in [0.3, 0.4) is 0 Å². The average Bonchev–Trinajstić information content (AvgIpc) is 2.43. The first-order valence-electron chi connectivity index (χ1n) is 6.92. The van der Waals surface area contributed by atoms with E-state index in [-0.39, 0.29) is 0 Å². The van der Waals surface area contributed by atoms with Gasteiger partial charge < -0.3 is 0 Å². The van der Waals surface area contributed by atoms with Crippen LogP contribution in [0.2, 0.25) is 0 Å². The predicted molar refractivity (Wildman–Crippen MR) is 65.7 cm³/mol. The summed E-state index contributed by atoms with van der Waals surface area (Å²) in [4.78, 5) is 0. The second kappa shape index (κ2) is 4.97. The first-order chi connectivity index (χ1) is 9.40. The molecule has 0 nitrogen and oxygen atoms in total. The van der Waals surface area contributed by atoms with Gasteiger partial charge in [0.05, 0.1) is 0 Å². The Morgan fingerprint density at radius 1 is 0.909 bits per heavy atom. The van der Waals surface area contributed by atoms with Crippen molar-refractivity contribution in [3.05, 3.63) is 0 Å². The van der Waals surface area contributed by atoms with Crippen LogP contribution >= 0.6 is 0 Å². The van der Waals surface area contributed by atoms with E-state index in [9.17, 15) is 35.1 Å². The van der Waals surface area contributed by atoms with Gasteiger partial charge in [-0.15, -0.1) is 0 Å². The largest absolute Gasteiger partial charge is 0.319 e. The van der Waals surface area contributed by atoms with Gasteiger partial charge >= 0.3 is 11.8 Å². The third-order valence-corrected chi connectivity index (χ3v) is 4.41. The summed E-state index contributed by atoms with van der Waals surface area (Å²) in [7, 11) is 0. The van der Waals surface area contributed by atoms with Crippen LogP contribution in [-0.4, -0.2) is 23.7 Å². The summed E-state index contributed by atoms with van der Waals surface area (Å²) in [6.07, 6.45) is -1.96. The molecule has 0 bridgehead atoms. The molecule has 0 radical (unpaired) electrons. The molecule has 2 unspecified atom stereocenters. The van der Waals surface area contributed by atoms with Gasteiger partial charge in [-0.2, -0.15) is 17.6 Å². The van der Waals surface area contributed by atoms with Gasteiger partial charge in [0.2, 0.25) is 0 Å². The Hall–Kier alpha value is -0.560. The minimum absolute atomic E-state index is 0.865. The molecule has 0 aromatic carbocycles. The second-order valence-electron chi connectivity index (χ2n) is 7.32. The third kappa shape index (κ3) is 2.60. The molecule has 0 amide bonds. The van der Waals surface area contributed by atoms with Crippen LogP contribution in [0.4, 0.5) is 35.1 Å². The molecule has 0 spiro atoms. The van der Waals surface area contributed by atoms with E-state index >= 15 is 0 Å². The van der Waals surface area contributed by atoms with Crippen LogP contribution in [0.1, 0.15) is 41.0 Å². The van der Waals surface area contributed by atoms with E-state index in [4.69, 9.17) is 0 Å². The second-order valence-corrected chi connectivity index (χ2v) is 7.32. The van der Waals surface area contributed by atoms with Gasteiger partial charge in [-0.1, -0.05) is 34.6 Å². The van der Waals surface area contributed by atoms with E-state index in [2.05, 4.69) is 0 Å². The molecule has 0 aromatic heterocycles.